The quantitative estimate of drug-likeness (QED) is 0.538. The number of anilines is 1. The summed E-state index contributed by atoms with van der Waals surface area (Å²) in [5.41, 5.74) is 2.47. The van der Waals surface area contributed by atoms with Gasteiger partial charge in [-0.25, -0.2) is 0 Å². The van der Waals surface area contributed by atoms with Crippen LogP contribution in [-0.2, 0) is 6.42 Å². The molecule has 0 aliphatic carbocycles. The summed E-state index contributed by atoms with van der Waals surface area (Å²) in [6.07, 6.45) is 2.05. The van der Waals surface area contributed by atoms with Gasteiger partial charge in [-0.05, 0) is 45.9 Å². The second kappa shape index (κ2) is 8.02. The molecule has 8 heteroatoms. The second-order valence-corrected chi connectivity index (χ2v) is 9.60. The van der Waals surface area contributed by atoms with Crippen molar-refractivity contribution in [1.29, 1.82) is 0 Å². The zero-order valence-electron chi connectivity index (χ0n) is 17.5. The van der Waals surface area contributed by atoms with Gasteiger partial charge in [0.2, 0.25) is 5.13 Å². The van der Waals surface area contributed by atoms with Crippen LogP contribution in [-0.4, -0.2) is 63.5 Å². The standard InChI is InChI=1S/C21H30N6OS/c1-14(11-15-12-22-17-8-6-5-7-16(15)17)23-18(28)19-24-25-20(29-19)27-10-9-26(4)21(2,3)13-27/h5-8,12,14,18,22-23,28H,9-11,13H2,1-4H3. The van der Waals surface area contributed by atoms with E-state index in [0.717, 1.165) is 36.7 Å². The van der Waals surface area contributed by atoms with Crippen LogP contribution in [0.3, 0.4) is 0 Å². The Morgan fingerprint density at radius 3 is 2.86 bits per heavy atom. The maximum Gasteiger partial charge on any atom is 0.208 e. The molecule has 1 fully saturated rings. The predicted octanol–water partition coefficient (Wildman–Crippen LogP) is 2.76. The Morgan fingerprint density at radius 2 is 2.07 bits per heavy atom. The summed E-state index contributed by atoms with van der Waals surface area (Å²) in [6.45, 7) is 9.38. The summed E-state index contributed by atoms with van der Waals surface area (Å²) in [5.74, 6) is 0. The van der Waals surface area contributed by atoms with Gasteiger partial charge in [0.1, 0.15) is 0 Å². The molecular weight excluding hydrogens is 384 g/mol. The topological polar surface area (TPSA) is 80.3 Å². The number of rotatable bonds is 6. The summed E-state index contributed by atoms with van der Waals surface area (Å²) < 4.78 is 0. The van der Waals surface area contributed by atoms with E-state index in [1.54, 1.807) is 0 Å². The van der Waals surface area contributed by atoms with Gasteiger partial charge in [-0.15, -0.1) is 10.2 Å². The number of aliphatic hydroxyl groups excluding tert-OH is 1. The van der Waals surface area contributed by atoms with Crippen LogP contribution in [0.15, 0.2) is 30.5 Å². The van der Waals surface area contributed by atoms with Gasteiger partial charge in [-0.2, -0.15) is 0 Å². The summed E-state index contributed by atoms with van der Waals surface area (Å²) in [7, 11) is 2.16. The monoisotopic (exact) mass is 414 g/mol. The molecule has 1 aliphatic heterocycles. The Labute approximate surface area is 175 Å². The van der Waals surface area contributed by atoms with Gasteiger partial charge in [0.25, 0.3) is 0 Å². The van der Waals surface area contributed by atoms with Crippen molar-refractivity contribution in [3.05, 3.63) is 41.0 Å². The molecule has 0 bridgehead atoms. The molecule has 1 aromatic carbocycles. The zero-order chi connectivity index (χ0) is 20.6. The average molecular weight is 415 g/mol. The number of H-pyrrole nitrogens is 1. The Bertz CT molecular complexity index is 967. The van der Waals surface area contributed by atoms with Crippen LogP contribution >= 0.6 is 11.3 Å². The fraction of sp³-hybridized carbons (Fsp3) is 0.524. The van der Waals surface area contributed by atoms with Crippen LogP contribution in [0.2, 0.25) is 0 Å². The average Bonchev–Trinajstić information content (AvgIpc) is 3.32. The number of aromatic amines is 1. The molecule has 3 N–H and O–H groups in total. The van der Waals surface area contributed by atoms with Crippen molar-refractivity contribution in [3.63, 3.8) is 0 Å². The third-order valence-corrected chi connectivity index (χ3v) is 6.93. The molecule has 3 aromatic rings. The molecule has 3 heterocycles. The van der Waals surface area contributed by atoms with Gasteiger partial charge >= 0.3 is 0 Å². The van der Waals surface area contributed by atoms with E-state index in [9.17, 15) is 5.11 Å². The van der Waals surface area contributed by atoms with Crippen molar-refractivity contribution in [2.45, 2.75) is 45.0 Å². The summed E-state index contributed by atoms with van der Waals surface area (Å²) in [4.78, 5) is 7.94. The first-order chi connectivity index (χ1) is 13.8. The van der Waals surface area contributed by atoms with Crippen LogP contribution in [0.25, 0.3) is 10.9 Å². The highest BCUT2D eigenvalue weighted by molar-refractivity contribution is 7.15. The van der Waals surface area contributed by atoms with Crippen molar-refractivity contribution in [3.8, 4) is 0 Å². The van der Waals surface area contributed by atoms with Gasteiger partial charge in [-0.3, -0.25) is 10.2 Å². The second-order valence-electron chi connectivity index (χ2n) is 8.61. The molecule has 7 nitrogen and oxygen atoms in total. The number of benzene rings is 1. The molecule has 0 spiro atoms. The number of aliphatic hydroxyl groups is 1. The Balaban J connectivity index is 1.38. The first kappa shape index (κ1) is 20.3. The number of piperazine rings is 1. The highest BCUT2D eigenvalue weighted by atomic mass is 32.1. The minimum Gasteiger partial charge on any atom is -0.372 e. The number of fused-ring (bicyclic) bond motifs is 1. The molecule has 29 heavy (non-hydrogen) atoms. The SMILES string of the molecule is CC(Cc1c[nH]c2ccccc12)NC(O)c1nnc(N2CCN(C)C(C)(C)C2)s1. The first-order valence-electron chi connectivity index (χ1n) is 10.1. The summed E-state index contributed by atoms with van der Waals surface area (Å²) >= 11 is 1.47. The fourth-order valence-corrected chi connectivity index (χ4v) is 4.71. The number of para-hydroxylation sites is 1. The van der Waals surface area contributed by atoms with Crippen molar-refractivity contribution in [1.82, 2.24) is 25.4 Å². The number of nitrogens with one attached hydrogen (secondary N) is 2. The number of nitrogens with zero attached hydrogens (tertiary/aromatic N) is 4. The number of aromatic nitrogens is 3. The lowest BCUT2D eigenvalue weighted by Crippen LogP contribution is -2.57. The van der Waals surface area contributed by atoms with E-state index >= 15 is 0 Å². The molecule has 0 amide bonds. The normalized spacial score (nSPS) is 19.6. The van der Waals surface area contributed by atoms with Crippen molar-refractivity contribution >= 4 is 27.4 Å². The smallest absolute Gasteiger partial charge is 0.208 e. The van der Waals surface area contributed by atoms with E-state index in [2.05, 4.69) is 76.3 Å². The summed E-state index contributed by atoms with van der Waals surface area (Å²) in [5, 5.41) is 25.2. The zero-order valence-corrected chi connectivity index (χ0v) is 18.3. The van der Waals surface area contributed by atoms with Gasteiger partial charge in [0.05, 0.1) is 0 Å². The minimum absolute atomic E-state index is 0.0921. The minimum atomic E-state index is -0.818. The molecule has 2 aromatic heterocycles. The van der Waals surface area contributed by atoms with Gasteiger partial charge in [0, 0.05) is 48.3 Å². The molecule has 2 unspecified atom stereocenters. The van der Waals surface area contributed by atoms with Crippen molar-refractivity contribution < 1.29 is 5.11 Å². The molecule has 156 valence electrons. The largest absolute Gasteiger partial charge is 0.372 e. The lowest BCUT2D eigenvalue weighted by Gasteiger charge is -2.45. The predicted molar refractivity (Wildman–Crippen MR) is 118 cm³/mol. The summed E-state index contributed by atoms with van der Waals surface area (Å²) in [6, 6.07) is 8.38. The Kier molecular flexibility index (Phi) is 5.61. The highest BCUT2D eigenvalue weighted by Gasteiger charge is 2.32. The van der Waals surface area contributed by atoms with Crippen LogP contribution < -0.4 is 10.2 Å². The molecular formula is C21H30N6OS. The lowest BCUT2D eigenvalue weighted by molar-refractivity contribution is 0.125. The van der Waals surface area contributed by atoms with Crippen LogP contribution in [0, 0.1) is 0 Å². The molecule has 2 atom stereocenters. The molecule has 1 saturated heterocycles. The van der Waals surface area contributed by atoms with Gasteiger partial charge in [0.15, 0.2) is 11.2 Å². The van der Waals surface area contributed by atoms with Gasteiger partial charge < -0.3 is 15.0 Å². The van der Waals surface area contributed by atoms with Crippen molar-refractivity contribution in [2.75, 3.05) is 31.6 Å². The Hall–Kier alpha value is -2.00. The van der Waals surface area contributed by atoms with Crippen LogP contribution in [0.4, 0.5) is 5.13 Å². The van der Waals surface area contributed by atoms with E-state index in [-0.39, 0.29) is 11.6 Å². The third kappa shape index (κ3) is 4.30. The molecule has 0 radical (unpaired) electrons. The van der Waals surface area contributed by atoms with Crippen LogP contribution in [0.1, 0.15) is 37.6 Å². The number of likely N-dealkylation sites (N-methyl/N-ethyl adjacent to an activating group) is 1. The highest BCUT2D eigenvalue weighted by Crippen LogP contribution is 2.29. The van der Waals surface area contributed by atoms with E-state index in [0.29, 0.717) is 5.01 Å². The van der Waals surface area contributed by atoms with Crippen molar-refractivity contribution in [2.24, 2.45) is 0 Å². The maximum atomic E-state index is 10.7. The Morgan fingerprint density at radius 1 is 1.28 bits per heavy atom. The number of hydrogen-bond acceptors (Lipinski definition) is 7. The molecule has 0 saturated carbocycles. The number of hydrogen-bond donors (Lipinski definition) is 3. The molecule has 4 rings (SSSR count). The third-order valence-electron chi connectivity index (χ3n) is 5.89. The fourth-order valence-electron chi connectivity index (χ4n) is 3.90. The van der Waals surface area contributed by atoms with Gasteiger partial charge in [-0.1, -0.05) is 29.5 Å². The molecule has 1 aliphatic rings. The lowest BCUT2D eigenvalue weighted by atomic mass is 10.0. The van der Waals surface area contributed by atoms with Crippen LogP contribution in [0.5, 0.6) is 0 Å². The van der Waals surface area contributed by atoms with E-state index in [1.165, 1.54) is 22.3 Å². The van der Waals surface area contributed by atoms with E-state index < -0.39 is 6.23 Å². The van der Waals surface area contributed by atoms with E-state index in [1.807, 2.05) is 12.3 Å². The van der Waals surface area contributed by atoms with E-state index in [4.69, 9.17) is 0 Å². The maximum absolute atomic E-state index is 10.7. The first-order valence-corrected chi connectivity index (χ1v) is 10.9.